The summed E-state index contributed by atoms with van der Waals surface area (Å²) in [7, 11) is 0. The van der Waals surface area contributed by atoms with Crippen LogP contribution in [0.25, 0.3) is 0 Å². The summed E-state index contributed by atoms with van der Waals surface area (Å²) in [6.45, 7) is 3.76. The fourth-order valence-electron chi connectivity index (χ4n) is 1.81. The minimum absolute atomic E-state index is 0.111. The first kappa shape index (κ1) is 10.8. The van der Waals surface area contributed by atoms with Gasteiger partial charge in [-0.2, -0.15) is 5.10 Å². The van der Waals surface area contributed by atoms with Gasteiger partial charge in [-0.25, -0.2) is 5.06 Å². The predicted molar refractivity (Wildman–Crippen MR) is 63.8 cm³/mol. The van der Waals surface area contributed by atoms with Gasteiger partial charge in [-0.05, 0) is 13.3 Å². The van der Waals surface area contributed by atoms with Crippen molar-refractivity contribution < 1.29 is 5.21 Å². The summed E-state index contributed by atoms with van der Waals surface area (Å²) in [6.07, 6.45) is 0.789. The van der Waals surface area contributed by atoms with E-state index < -0.39 is 0 Å². The zero-order valence-corrected chi connectivity index (χ0v) is 9.46. The van der Waals surface area contributed by atoms with Crippen molar-refractivity contribution in [2.75, 3.05) is 0 Å². The summed E-state index contributed by atoms with van der Waals surface area (Å²) < 4.78 is 0. The van der Waals surface area contributed by atoms with Crippen LogP contribution in [0.2, 0.25) is 0 Å². The summed E-state index contributed by atoms with van der Waals surface area (Å²) in [4.78, 5) is 0. The quantitative estimate of drug-likeness (QED) is 0.826. The molecule has 0 fully saturated rings. The molecule has 1 aliphatic rings. The number of hydrogen-bond donors (Lipinski definition) is 1. The highest BCUT2D eigenvalue weighted by Crippen LogP contribution is 2.16. The van der Waals surface area contributed by atoms with Crippen molar-refractivity contribution in [2.45, 2.75) is 26.3 Å². The van der Waals surface area contributed by atoms with Crippen LogP contribution in [0, 0.1) is 0 Å². The number of amidine groups is 1. The predicted octanol–water partition coefficient (Wildman–Crippen LogP) is 2.29. The summed E-state index contributed by atoms with van der Waals surface area (Å²) in [5.41, 5.74) is 1.82. The van der Waals surface area contributed by atoms with E-state index in [1.807, 2.05) is 37.3 Å². The Morgan fingerprint density at radius 3 is 2.56 bits per heavy atom. The van der Waals surface area contributed by atoms with Gasteiger partial charge in [-0.1, -0.05) is 37.3 Å². The third-order valence-electron chi connectivity index (χ3n) is 2.70. The Kier molecular flexibility index (Phi) is 3.01. The molecule has 0 aromatic heterocycles. The average molecular weight is 217 g/mol. The molecule has 0 radical (unpaired) electrons. The Bertz CT molecular complexity index is 425. The average Bonchev–Trinajstić information content (AvgIpc) is 2.33. The molecule has 1 N–H and O–H groups in total. The fourth-order valence-corrected chi connectivity index (χ4v) is 1.81. The third-order valence-corrected chi connectivity index (χ3v) is 2.70. The minimum Gasteiger partial charge on any atom is -0.287 e. The molecule has 0 amide bonds. The van der Waals surface area contributed by atoms with E-state index in [-0.39, 0.29) is 6.04 Å². The van der Waals surface area contributed by atoms with Crippen molar-refractivity contribution in [1.82, 2.24) is 5.06 Å². The molecule has 4 heteroatoms. The fraction of sp³-hybridized carbons (Fsp3) is 0.333. The van der Waals surface area contributed by atoms with Gasteiger partial charge >= 0.3 is 0 Å². The van der Waals surface area contributed by atoms with Crippen LogP contribution in [0.5, 0.6) is 0 Å². The Balaban J connectivity index is 2.40. The Morgan fingerprint density at radius 2 is 1.94 bits per heavy atom. The highest BCUT2D eigenvalue weighted by Gasteiger charge is 2.26. The topological polar surface area (TPSA) is 48.2 Å². The Morgan fingerprint density at radius 1 is 1.25 bits per heavy atom. The smallest absolute Gasteiger partial charge is 0.148 e. The van der Waals surface area contributed by atoms with E-state index in [0.717, 1.165) is 17.7 Å². The summed E-state index contributed by atoms with van der Waals surface area (Å²) in [5.74, 6) is 0.534. The normalized spacial score (nSPS) is 20.4. The van der Waals surface area contributed by atoms with E-state index >= 15 is 0 Å². The molecule has 0 saturated carbocycles. The molecular weight excluding hydrogens is 202 g/mol. The minimum atomic E-state index is -0.111. The zero-order valence-electron chi connectivity index (χ0n) is 9.46. The number of rotatable bonds is 2. The van der Waals surface area contributed by atoms with Gasteiger partial charge < -0.3 is 0 Å². The lowest BCUT2D eigenvalue weighted by Gasteiger charge is -2.29. The largest absolute Gasteiger partial charge is 0.287 e. The summed E-state index contributed by atoms with van der Waals surface area (Å²) in [6, 6.07) is 9.71. The lowest BCUT2D eigenvalue weighted by molar-refractivity contribution is -0.0358. The zero-order chi connectivity index (χ0) is 11.5. The molecule has 1 aromatic rings. The van der Waals surface area contributed by atoms with Crippen molar-refractivity contribution in [1.29, 1.82) is 0 Å². The van der Waals surface area contributed by atoms with Crippen LogP contribution in [0.4, 0.5) is 0 Å². The Hall–Kier alpha value is -1.68. The van der Waals surface area contributed by atoms with Crippen molar-refractivity contribution in [2.24, 2.45) is 10.2 Å². The van der Waals surface area contributed by atoms with Crippen molar-refractivity contribution in [3.8, 4) is 0 Å². The molecule has 0 saturated heterocycles. The number of nitrogens with zero attached hydrogens (tertiary/aromatic N) is 3. The second-order valence-corrected chi connectivity index (χ2v) is 3.77. The first-order valence-corrected chi connectivity index (χ1v) is 5.39. The molecule has 1 unspecified atom stereocenters. The maximum absolute atomic E-state index is 9.89. The maximum atomic E-state index is 9.89. The van der Waals surface area contributed by atoms with Crippen LogP contribution in [0.1, 0.15) is 25.8 Å². The van der Waals surface area contributed by atoms with E-state index in [4.69, 9.17) is 0 Å². The van der Waals surface area contributed by atoms with Gasteiger partial charge in [-0.15, -0.1) is 5.10 Å². The molecule has 16 heavy (non-hydrogen) atoms. The molecule has 1 heterocycles. The highest BCUT2D eigenvalue weighted by atomic mass is 16.5. The van der Waals surface area contributed by atoms with Crippen LogP contribution < -0.4 is 0 Å². The molecule has 1 atom stereocenters. The van der Waals surface area contributed by atoms with Gasteiger partial charge in [0, 0.05) is 5.56 Å². The van der Waals surface area contributed by atoms with E-state index in [0.29, 0.717) is 5.84 Å². The van der Waals surface area contributed by atoms with Crippen LogP contribution >= 0.6 is 0 Å². The molecular formula is C12H15N3O. The van der Waals surface area contributed by atoms with Crippen molar-refractivity contribution in [3.05, 3.63) is 35.9 Å². The van der Waals surface area contributed by atoms with Gasteiger partial charge in [0.15, 0.2) is 0 Å². The van der Waals surface area contributed by atoms with Crippen LogP contribution in [0.15, 0.2) is 40.5 Å². The SMILES string of the molecule is CCC1C(c2ccccc2)=NN=C(C)N1O. The third kappa shape index (κ3) is 1.84. The highest BCUT2D eigenvalue weighted by molar-refractivity contribution is 6.07. The molecule has 4 nitrogen and oxygen atoms in total. The molecule has 1 aromatic carbocycles. The van der Waals surface area contributed by atoms with Gasteiger partial charge in [0.2, 0.25) is 0 Å². The summed E-state index contributed by atoms with van der Waals surface area (Å²) >= 11 is 0. The van der Waals surface area contributed by atoms with Gasteiger partial charge in [0.1, 0.15) is 11.9 Å². The molecule has 84 valence electrons. The maximum Gasteiger partial charge on any atom is 0.148 e. The standard InChI is InChI=1S/C12H15N3O/c1-3-11-12(10-7-5-4-6-8-10)14-13-9(2)15(11)16/h4-8,11,16H,3H2,1-2H3. The molecule has 1 aliphatic heterocycles. The van der Waals surface area contributed by atoms with Crippen molar-refractivity contribution >= 4 is 11.5 Å². The van der Waals surface area contributed by atoms with Crippen LogP contribution in [0.3, 0.4) is 0 Å². The lowest BCUT2D eigenvalue weighted by atomic mass is 10.0. The summed E-state index contributed by atoms with van der Waals surface area (Å²) in [5, 5.41) is 19.2. The monoisotopic (exact) mass is 217 g/mol. The first-order valence-electron chi connectivity index (χ1n) is 5.39. The second kappa shape index (κ2) is 4.45. The number of benzene rings is 1. The van der Waals surface area contributed by atoms with Gasteiger partial charge in [-0.3, -0.25) is 5.21 Å². The number of hydrogen-bond acceptors (Lipinski definition) is 4. The molecule has 2 rings (SSSR count). The lowest BCUT2D eigenvalue weighted by Crippen LogP contribution is -2.44. The van der Waals surface area contributed by atoms with Crippen LogP contribution in [-0.2, 0) is 0 Å². The van der Waals surface area contributed by atoms with Crippen LogP contribution in [-0.4, -0.2) is 27.9 Å². The Labute approximate surface area is 94.9 Å². The van der Waals surface area contributed by atoms with Gasteiger partial charge in [0.25, 0.3) is 0 Å². The first-order chi connectivity index (χ1) is 7.74. The number of hydroxylamine groups is 2. The molecule has 0 spiro atoms. The second-order valence-electron chi connectivity index (χ2n) is 3.77. The van der Waals surface area contributed by atoms with E-state index in [9.17, 15) is 5.21 Å². The van der Waals surface area contributed by atoms with E-state index in [1.54, 1.807) is 6.92 Å². The van der Waals surface area contributed by atoms with Crippen molar-refractivity contribution in [3.63, 3.8) is 0 Å². The van der Waals surface area contributed by atoms with Gasteiger partial charge in [0.05, 0.1) is 5.71 Å². The molecule has 0 bridgehead atoms. The van der Waals surface area contributed by atoms with E-state index in [2.05, 4.69) is 10.2 Å². The molecule has 0 aliphatic carbocycles. The van der Waals surface area contributed by atoms with E-state index in [1.165, 1.54) is 5.06 Å².